The largest absolute Gasteiger partial charge is 0.224 e. The summed E-state index contributed by atoms with van der Waals surface area (Å²) in [4.78, 5) is 0.396. The van der Waals surface area contributed by atoms with Crippen molar-refractivity contribution in [3.8, 4) is 0 Å². The Labute approximate surface area is 103 Å². The van der Waals surface area contributed by atoms with Crippen molar-refractivity contribution in [2.75, 3.05) is 11.6 Å². The average molecular weight is 261 g/mol. The van der Waals surface area contributed by atoms with Gasteiger partial charge in [-0.1, -0.05) is 13.0 Å². The highest BCUT2D eigenvalue weighted by Crippen LogP contribution is 2.18. The van der Waals surface area contributed by atoms with Crippen LogP contribution in [0.15, 0.2) is 23.1 Å². The van der Waals surface area contributed by atoms with Gasteiger partial charge in [0.25, 0.3) is 0 Å². The molecule has 0 aliphatic carbocycles. The van der Waals surface area contributed by atoms with E-state index in [2.05, 4.69) is 0 Å². The van der Waals surface area contributed by atoms with Gasteiger partial charge in [0.2, 0.25) is 0 Å². The van der Waals surface area contributed by atoms with E-state index in [1.165, 1.54) is 0 Å². The summed E-state index contributed by atoms with van der Waals surface area (Å²) in [6, 6.07) is 5.23. The van der Waals surface area contributed by atoms with Crippen LogP contribution in [0.1, 0.15) is 18.1 Å². The molecule has 0 aliphatic heterocycles. The molecule has 1 aromatic carbocycles. The highest BCUT2D eigenvalue weighted by molar-refractivity contribution is 7.91. The van der Waals surface area contributed by atoms with Gasteiger partial charge in [0.05, 0.1) is 10.6 Å². The fourth-order valence-corrected chi connectivity index (χ4v) is 3.35. The Hall–Kier alpha value is -0.540. The van der Waals surface area contributed by atoms with Crippen molar-refractivity contribution in [1.82, 2.24) is 0 Å². The van der Waals surface area contributed by atoms with Crippen molar-refractivity contribution in [3.63, 3.8) is 0 Å². The van der Waals surface area contributed by atoms with Gasteiger partial charge in [-0.25, -0.2) is 8.42 Å². The Morgan fingerprint density at radius 3 is 2.38 bits per heavy atom. The topological polar surface area (TPSA) is 34.1 Å². The van der Waals surface area contributed by atoms with E-state index in [1.807, 2.05) is 26.8 Å². The molecule has 4 heteroatoms. The fraction of sp³-hybridized carbons (Fsp3) is 0.500. The van der Waals surface area contributed by atoms with E-state index in [1.54, 1.807) is 12.1 Å². The van der Waals surface area contributed by atoms with Crippen LogP contribution in [0.4, 0.5) is 0 Å². The Bertz CT molecular complexity index is 466. The molecule has 0 aliphatic rings. The number of halogens is 1. The molecule has 0 spiro atoms. The van der Waals surface area contributed by atoms with E-state index in [0.717, 1.165) is 11.1 Å². The van der Waals surface area contributed by atoms with Crippen LogP contribution in [0, 0.1) is 19.8 Å². The number of sulfone groups is 1. The quantitative estimate of drug-likeness (QED) is 0.780. The summed E-state index contributed by atoms with van der Waals surface area (Å²) in [5.41, 5.74) is 2.10. The molecule has 0 fully saturated rings. The molecule has 16 heavy (non-hydrogen) atoms. The van der Waals surface area contributed by atoms with Crippen LogP contribution < -0.4 is 0 Å². The molecule has 0 saturated heterocycles. The number of alkyl halides is 1. The van der Waals surface area contributed by atoms with E-state index in [-0.39, 0.29) is 11.7 Å². The number of hydrogen-bond acceptors (Lipinski definition) is 2. The first-order chi connectivity index (χ1) is 7.36. The molecule has 0 bridgehead atoms. The molecule has 0 radical (unpaired) electrons. The number of benzene rings is 1. The molecule has 2 nitrogen and oxygen atoms in total. The lowest BCUT2D eigenvalue weighted by Gasteiger charge is -2.10. The van der Waals surface area contributed by atoms with Gasteiger partial charge in [-0.05, 0) is 43.0 Å². The lowest BCUT2D eigenvalue weighted by molar-refractivity contribution is 0.583. The summed E-state index contributed by atoms with van der Waals surface area (Å²) in [7, 11) is -3.20. The first-order valence-corrected chi connectivity index (χ1v) is 7.41. The maximum absolute atomic E-state index is 12.0. The van der Waals surface area contributed by atoms with Crippen LogP contribution in [-0.4, -0.2) is 20.1 Å². The lowest BCUT2D eigenvalue weighted by Crippen LogP contribution is -2.15. The second-order valence-corrected chi connectivity index (χ2v) is 6.63. The first-order valence-electron chi connectivity index (χ1n) is 5.23. The molecule has 0 amide bonds. The van der Waals surface area contributed by atoms with Crippen molar-refractivity contribution in [3.05, 3.63) is 29.3 Å². The van der Waals surface area contributed by atoms with Gasteiger partial charge in [-0.15, -0.1) is 11.6 Å². The monoisotopic (exact) mass is 260 g/mol. The highest BCUT2D eigenvalue weighted by Gasteiger charge is 2.18. The molecular formula is C12H17ClO2S. The zero-order chi connectivity index (χ0) is 12.3. The number of aryl methyl sites for hydroxylation is 2. The first kappa shape index (κ1) is 13.5. The minimum absolute atomic E-state index is 0.0201. The maximum atomic E-state index is 12.0. The molecule has 1 unspecified atom stereocenters. The summed E-state index contributed by atoms with van der Waals surface area (Å²) < 4.78 is 24.0. The van der Waals surface area contributed by atoms with Gasteiger partial charge in [0.1, 0.15) is 0 Å². The van der Waals surface area contributed by atoms with Crippen LogP contribution in [0.25, 0.3) is 0 Å². The predicted octanol–water partition coefficient (Wildman–Crippen LogP) is 2.95. The van der Waals surface area contributed by atoms with E-state index in [0.29, 0.717) is 10.8 Å². The van der Waals surface area contributed by atoms with Crippen LogP contribution in [0.2, 0.25) is 0 Å². The second kappa shape index (κ2) is 5.19. The van der Waals surface area contributed by atoms with Crippen molar-refractivity contribution >= 4 is 21.4 Å². The summed E-state index contributed by atoms with van der Waals surface area (Å²) in [5.74, 6) is 0.455. The fourth-order valence-electron chi connectivity index (χ4n) is 1.42. The zero-order valence-corrected chi connectivity index (χ0v) is 11.4. The Morgan fingerprint density at radius 2 is 1.88 bits per heavy atom. The molecule has 0 saturated carbocycles. The average Bonchev–Trinajstić information content (AvgIpc) is 2.21. The van der Waals surface area contributed by atoms with Crippen molar-refractivity contribution in [2.45, 2.75) is 25.7 Å². The molecule has 0 N–H and O–H groups in total. The third-order valence-electron chi connectivity index (χ3n) is 2.60. The molecule has 1 atom stereocenters. The van der Waals surface area contributed by atoms with E-state index < -0.39 is 9.84 Å². The Kier molecular flexibility index (Phi) is 4.39. The van der Waals surface area contributed by atoms with Crippen LogP contribution >= 0.6 is 11.6 Å². The van der Waals surface area contributed by atoms with Gasteiger partial charge >= 0.3 is 0 Å². The van der Waals surface area contributed by atoms with E-state index in [4.69, 9.17) is 11.6 Å². The van der Waals surface area contributed by atoms with Crippen molar-refractivity contribution in [1.29, 1.82) is 0 Å². The van der Waals surface area contributed by atoms with E-state index in [9.17, 15) is 8.42 Å². The van der Waals surface area contributed by atoms with Gasteiger partial charge in [-0.2, -0.15) is 0 Å². The number of rotatable bonds is 4. The standard InChI is InChI=1S/C12H17ClO2S/c1-9(7-13)8-16(14,15)12-5-4-10(2)11(3)6-12/h4-6,9H,7-8H2,1-3H3. The van der Waals surface area contributed by atoms with Crippen LogP contribution in [-0.2, 0) is 9.84 Å². The normalized spacial score (nSPS) is 13.8. The van der Waals surface area contributed by atoms with Crippen molar-refractivity contribution in [2.24, 2.45) is 5.92 Å². The van der Waals surface area contributed by atoms with Gasteiger partial charge in [0.15, 0.2) is 9.84 Å². The molecule has 0 heterocycles. The third kappa shape index (κ3) is 3.22. The lowest BCUT2D eigenvalue weighted by atomic mass is 10.1. The van der Waals surface area contributed by atoms with E-state index >= 15 is 0 Å². The molecule has 1 rings (SSSR count). The summed E-state index contributed by atoms with van der Waals surface area (Å²) >= 11 is 5.64. The summed E-state index contributed by atoms with van der Waals surface area (Å²) in [5, 5.41) is 0. The second-order valence-electron chi connectivity index (χ2n) is 4.29. The van der Waals surface area contributed by atoms with Crippen LogP contribution in [0.3, 0.4) is 0 Å². The highest BCUT2D eigenvalue weighted by atomic mass is 35.5. The predicted molar refractivity (Wildman–Crippen MR) is 67.9 cm³/mol. The van der Waals surface area contributed by atoms with Gasteiger partial charge in [-0.3, -0.25) is 0 Å². The summed E-state index contributed by atoms with van der Waals surface area (Å²) in [6.45, 7) is 5.72. The Morgan fingerprint density at radius 1 is 1.25 bits per heavy atom. The zero-order valence-electron chi connectivity index (χ0n) is 9.83. The SMILES string of the molecule is Cc1ccc(S(=O)(=O)CC(C)CCl)cc1C. The summed E-state index contributed by atoms with van der Waals surface area (Å²) in [6.07, 6.45) is 0. The van der Waals surface area contributed by atoms with Crippen molar-refractivity contribution < 1.29 is 8.42 Å². The minimum Gasteiger partial charge on any atom is -0.224 e. The Balaban J connectivity index is 3.03. The number of hydrogen-bond donors (Lipinski definition) is 0. The third-order valence-corrected chi connectivity index (χ3v) is 5.11. The van der Waals surface area contributed by atoms with Crippen LogP contribution in [0.5, 0.6) is 0 Å². The molecule has 1 aromatic rings. The molecule has 0 aromatic heterocycles. The minimum atomic E-state index is -3.20. The maximum Gasteiger partial charge on any atom is 0.178 e. The smallest absolute Gasteiger partial charge is 0.178 e. The van der Waals surface area contributed by atoms with Gasteiger partial charge < -0.3 is 0 Å². The molecular weight excluding hydrogens is 244 g/mol. The van der Waals surface area contributed by atoms with Gasteiger partial charge in [0, 0.05) is 5.88 Å². The molecule has 90 valence electrons.